The van der Waals surface area contributed by atoms with Gasteiger partial charge in [-0.25, -0.2) is 9.38 Å². The molecule has 1 saturated heterocycles. The highest BCUT2D eigenvalue weighted by molar-refractivity contribution is 6.31. The van der Waals surface area contributed by atoms with Crippen LogP contribution in [0.25, 0.3) is 0 Å². The van der Waals surface area contributed by atoms with Gasteiger partial charge in [0.15, 0.2) is 0 Å². The zero-order valence-corrected chi connectivity index (χ0v) is 22.5. The van der Waals surface area contributed by atoms with Gasteiger partial charge in [-0.3, -0.25) is 14.6 Å². The Balaban J connectivity index is 1.98. The molecule has 0 bridgehead atoms. The summed E-state index contributed by atoms with van der Waals surface area (Å²) >= 11 is 5.88. The van der Waals surface area contributed by atoms with Crippen molar-refractivity contribution in [3.63, 3.8) is 0 Å². The minimum absolute atomic E-state index is 0.0634. The van der Waals surface area contributed by atoms with Crippen LogP contribution in [0.1, 0.15) is 25.0 Å². The van der Waals surface area contributed by atoms with Gasteiger partial charge in [0.1, 0.15) is 11.7 Å². The number of nitrogens with one attached hydrogen (secondary N) is 2. The average molecular weight is 536 g/mol. The number of carbonyl (C=O) groups is 1. The van der Waals surface area contributed by atoms with E-state index in [0.717, 1.165) is 26.2 Å². The summed E-state index contributed by atoms with van der Waals surface area (Å²) in [6.07, 6.45) is 1.17. The Kier molecular flexibility index (Phi) is 9.49. The van der Waals surface area contributed by atoms with Crippen LogP contribution in [0.15, 0.2) is 48.0 Å². The highest BCUT2D eigenvalue weighted by Crippen LogP contribution is 2.28. The molecule has 1 fully saturated rings. The Hall–Kier alpha value is -3.89. The van der Waals surface area contributed by atoms with E-state index in [1.807, 2.05) is 13.8 Å². The first-order valence-corrected chi connectivity index (χ1v) is 12.4. The molecule has 0 saturated carbocycles. The van der Waals surface area contributed by atoms with E-state index in [2.05, 4.69) is 49.9 Å². The monoisotopic (exact) mass is 535 g/mol. The van der Waals surface area contributed by atoms with E-state index >= 15 is 0 Å². The number of anilines is 2. The van der Waals surface area contributed by atoms with Crippen molar-refractivity contribution >= 4 is 40.4 Å². The molecule has 0 aliphatic carbocycles. The molecule has 1 heterocycles. The van der Waals surface area contributed by atoms with Crippen LogP contribution in [0.3, 0.4) is 0 Å². The van der Waals surface area contributed by atoms with E-state index in [1.165, 1.54) is 24.3 Å². The molecule has 1 aliphatic heterocycles. The largest absolute Gasteiger partial charge is 0.387 e. The molecule has 8 nitrogen and oxygen atoms in total. The molecule has 0 radical (unpaired) electrons. The minimum Gasteiger partial charge on any atom is -0.387 e. The Morgan fingerprint density at radius 2 is 1.97 bits per heavy atom. The smallest absolute Gasteiger partial charge is 0.247 e. The SMILES string of the molecule is C=CC(=O)Nc1cc(C(N)=Nc2ccc(F)c(Cl)c2)c(NC)cc1C#CC(C)(C)N1CCN(CC#N)CC1. The lowest BCUT2D eigenvalue weighted by molar-refractivity contribution is -0.111. The Morgan fingerprint density at radius 1 is 1.26 bits per heavy atom. The van der Waals surface area contributed by atoms with E-state index < -0.39 is 17.3 Å². The number of benzene rings is 2. The molecule has 0 aromatic heterocycles. The van der Waals surface area contributed by atoms with Gasteiger partial charge in [-0.05, 0) is 50.3 Å². The van der Waals surface area contributed by atoms with Crippen molar-refractivity contribution < 1.29 is 9.18 Å². The van der Waals surface area contributed by atoms with Gasteiger partial charge in [0.05, 0.1) is 40.1 Å². The van der Waals surface area contributed by atoms with Crippen molar-refractivity contribution in [1.82, 2.24) is 9.80 Å². The molecule has 0 spiro atoms. The van der Waals surface area contributed by atoms with Crippen LogP contribution in [0.2, 0.25) is 5.02 Å². The van der Waals surface area contributed by atoms with Crippen molar-refractivity contribution in [2.24, 2.45) is 10.7 Å². The summed E-state index contributed by atoms with van der Waals surface area (Å²) in [6, 6.07) is 9.75. The van der Waals surface area contributed by atoms with Crippen molar-refractivity contribution in [3.8, 4) is 17.9 Å². The lowest BCUT2D eigenvalue weighted by Gasteiger charge is -2.40. The number of nitrogens with two attached hydrogens (primary N) is 1. The molecule has 2 aromatic carbocycles. The highest BCUT2D eigenvalue weighted by Gasteiger charge is 2.28. The average Bonchev–Trinajstić information content (AvgIpc) is 2.90. The van der Waals surface area contributed by atoms with Gasteiger partial charge in [-0.1, -0.05) is 30.0 Å². The summed E-state index contributed by atoms with van der Waals surface area (Å²) in [7, 11) is 1.74. The van der Waals surface area contributed by atoms with Crippen molar-refractivity contribution in [1.29, 1.82) is 5.26 Å². The molecule has 3 rings (SSSR count). The summed E-state index contributed by atoms with van der Waals surface area (Å²) in [6.45, 7) is 11.2. The molecule has 2 aromatic rings. The summed E-state index contributed by atoms with van der Waals surface area (Å²) in [5.41, 5.74) is 8.45. The summed E-state index contributed by atoms with van der Waals surface area (Å²) in [5, 5.41) is 14.8. The standard InChI is InChI=1S/C28H31ClFN7O/c1-5-26(38)35-24-18-21(27(32)34-20-6-7-23(30)22(29)17-20)25(33-4)16-19(24)8-9-28(2,3)37-14-12-36(11-10-31)13-15-37/h5-7,16-18,33H,1,11-15H2,2-4H3,(H2,32,34)(H,35,38). The van der Waals surface area contributed by atoms with Crippen LogP contribution < -0.4 is 16.4 Å². The van der Waals surface area contributed by atoms with Gasteiger partial charge in [0.2, 0.25) is 5.91 Å². The second kappa shape index (κ2) is 12.6. The van der Waals surface area contributed by atoms with Gasteiger partial charge < -0.3 is 16.4 Å². The van der Waals surface area contributed by atoms with Crippen LogP contribution in [-0.2, 0) is 4.79 Å². The summed E-state index contributed by atoms with van der Waals surface area (Å²) < 4.78 is 13.6. The molecule has 1 amide bonds. The molecule has 198 valence electrons. The van der Waals surface area contributed by atoms with E-state index in [4.69, 9.17) is 22.6 Å². The third-order valence-electron chi connectivity index (χ3n) is 6.26. The van der Waals surface area contributed by atoms with Crippen LogP contribution in [0, 0.1) is 29.0 Å². The van der Waals surface area contributed by atoms with Crippen LogP contribution >= 0.6 is 11.6 Å². The molecule has 0 unspecified atom stereocenters. The Bertz CT molecular complexity index is 1350. The first-order chi connectivity index (χ1) is 18.1. The lowest BCUT2D eigenvalue weighted by atomic mass is 10.00. The number of rotatable bonds is 7. The number of nitriles is 1. The first-order valence-electron chi connectivity index (χ1n) is 12.0. The molecular weight excluding hydrogens is 505 g/mol. The van der Waals surface area contributed by atoms with Crippen molar-refractivity contribution in [2.75, 3.05) is 50.4 Å². The third-order valence-corrected chi connectivity index (χ3v) is 6.55. The Labute approximate surface area is 228 Å². The van der Waals surface area contributed by atoms with Crippen molar-refractivity contribution in [3.05, 3.63) is 65.0 Å². The highest BCUT2D eigenvalue weighted by atomic mass is 35.5. The maximum atomic E-state index is 13.6. The number of hydrogen-bond acceptors (Lipinski definition) is 6. The molecule has 38 heavy (non-hydrogen) atoms. The minimum atomic E-state index is -0.551. The van der Waals surface area contributed by atoms with Gasteiger partial charge in [-0.2, -0.15) is 5.26 Å². The summed E-state index contributed by atoms with van der Waals surface area (Å²) in [4.78, 5) is 21.0. The number of amides is 1. The van der Waals surface area contributed by atoms with E-state index in [0.29, 0.717) is 34.7 Å². The fourth-order valence-corrected chi connectivity index (χ4v) is 4.20. The fraction of sp³-hybridized carbons (Fsp3) is 0.321. The van der Waals surface area contributed by atoms with Crippen LogP contribution in [0.4, 0.5) is 21.5 Å². The predicted molar refractivity (Wildman–Crippen MR) is 151 cm³/mol. The number of aliphatic imine (C=N–C) groups is 1. The number of carbonyl (C=O) groups excluding carboxylic acids is 1. The molecule has 10 heteroatoms. The fourth-order valence-electron chi connectivity index (χ4n) is 4.03. The zero-order chi connectivity index (χ0) is 27.9. The lowest BCUT2D eigenvalue weighted by Crippen LogP contribution is -2.54. The van der Waals surface area contributed by atoms with Gasteiger partial charge >= 0.3 is 0 Å². The summed E-state index contributed by atoms with van der Waals surface area (Å²) in [5.74, 6) is 5.78. The van der Waals surface area contributed by atoms with E-state index in [-0.39, 0.29) is 10.9 Å². The number of nitrogens with zero attached hydrogens (tertiary/aromatic N) is 4. The van der Waals surface area contributed by atoms with Gasteiger partial charge in [0.25, 0.3) is 0 Å². The second-order valence-electron chi connectivity index (χ2n) is 9.21. The number of halogens is 2. The number of hydrogen-bond donors (Lipinski definition) is 3. The maximum absolute atomic E-state index is 13.6. The van der Waals surface area contributed by atoms with E-state index in [1.54, 1.807) is 19.2 Å². The second-order valence-corrected chi connectivity index (χ2v) is 9.62. The number of piperazine rings is 1. The molecule has 1 aliphatic rings. The van der Waals surface area contributed by atoms with Gasteiger partial charge in [-0.15, -0.1) is 0 Å². The van der Waals surface area contributed by atoms with Crippen molar-refractivity contribution in [2.45, 2.75) is 19.4 Å². The van der Waals surface area contributed by atoms with E-state index in [9.17, 15) is 9.18 Å². The topological polar surface area (TPSA) is 110 Å². The zero-order valence-electron chi connectivity index (χ0n) is 21.7. The Morgan fingerprint density at radius 3 is 2.58 bits per heavy atom. The van der Waals surface area contributed by atoms with Crippen LogP contribution in [-0.4, -0.2) is 66.9 Å². The molecule has 0 atom stereocenters. The molecule has 4 N–H and O–H groups in total. The van der Waals surface area contributed by atoms with Gasteiger partial charge in [0, 0.05) is 44.5 Å². The molecular formula is C28H31ClFN7O. The first kappa shape index (κ1) is 28.7. The number of amidine groups is 1. The quantitative estimate of drug-likeness (QED) is 0.163. The van der Waals surface area contributed by atoms with Crippen LogP contribution in [0.5, 0.6) is 0 Å². The third kappa shape index (κ3) is 7.11. The maximum Gasteiger partial charge on any atom is 0.247 e. The normalized spacial score (nSPS) is 14.7. The predicted octanol–water partition coefficient (Wildman–Crippen LogP) is 3.95.